The Balaban J connectivity index is 1.46. The second kappa shape index (κ2) is 9.68. The number of nitrogens with zero attached hydrogens (tertiary/aromatic N) is 4. The molecule has 0 saturated carbocycles. The number of aromatic nitrogens is 2. The molecular weight excluding hydrogens is 426 g/mol. The van der Waals surface area contributed by atoms with Crippen molar-refractivity contribution in [3.63, 3.8) is 0 Å². The lowest BCUT2D eigenvalue weighted by Gasteiger charge is -2.36. The molecule has 1 fully saturated rings. The Bertz CT molecular complexity index is 1130. The van der Waals surface area contributed by atoms with Crippen molar-refractivity contribution in [2.45, 2.75) is 0 Å². The molecule has 1 aliphatic heterocycles. The third-order valence-corrected chi connectivity index (χ3v) is 5.53. The van der Waals surface area contributed by atoms with Crippen molar-refractivity contribution in [1.29, 1.82) is 0 Å². The molecule has 1 aromatic heterocycles. The number of amides is 2. The Morgan fingerprint density at radius 3 is 2.06 bits per heavy atom. The Morgan fingerprint density at radius 1 is 0.788 bits per heavy atom. The third-order valence-electron chi connectivity index (χ3n) is 5.53. The van der Waals surface area contributed by atoms with Crippen LogP contribution in [0.25, 0.3) is 11.0 Å². The highest BCUT2D eigenvalue weighted by atomic mass is 16.5. The van der Waals surface area contributed by atoms with Crippen LogP contribution in [0.3, 0.4) is 0 Å². The van der Waals surface area contributed by atoms with Gasteiger partial charge in [0.1, 0.15) is 17.2 Å². The summed E-state index contributed by atoms with van der Waals surface area (Å²) in [5.74, 6) is 2.63. The van der Waals surface area contributed by atoms with Gasteiger partial charge in [0.2, 0.25) is 0 Å². The van der Waals surface area contributed by atoms with Gasteiger partial charge in [-0.25, -0.2) is 14.8 Å². The third kappa shape index (κ3) is 4.79. The van der Waals surface area contributed by atoms with Crippen LogP contribution in [-0.2, 0) is 0 Å². The van der Waals surface area contributed by atoms with E-state index in [0.717, 1.165) is 17.2 Å². The molecule has 10 heteroatoms. The van der Waals surface area contributed by atoms with Gasteiger partial charge in [-0.3, -0.25) is 5.32 Å². The van der Waals surface area contributed by atoms with Crippen molar-refractivity contribution in [1.82, 2.24) is 14.9 Å². The van der Waals surface area contributed by atoms with E-state index in [1.165, 1.54) is 7.11 Å². The standard InChI is InChI=1S/C23H27N5O5/c1-30-16-5-6-19-20(14-16)24-21(22(25-19)33-4)26-23(29)28-9-7-27(8-10-28)15-11-17(31-2)13-18(12-15)32-3/h5-6,11-14H,7-10H2,1-4H3,(H,24,26,29). The van der Waals surface area contributed by atoms with Crippen LogP contribution in [-0.4, -0.2) is 75.5 Å². The number of carbonyl (C=O) groups is 1. The van der Waals surface area contributed by atoms with Crippen LogP contribution in [0.2, 0.25) is 0 Å². The number of anilines is 2. The zero-order valence-corrected chi connectivity index (χ0v) is 19.1. The first kappa shape index (κ1) is 22.3. The molecule has 0 atom stereocenters. The van der Waals surface area contributed by atoms with Crippen LogP contribution < -0.4 is 29.2 Å². The van der Waals surface area contributed by atoms with Crippen LogP contribution in [0.1, 0.15) is 0 Å². The number of hydrogen-bond acceptors (Lipinski definition) is 8. The van der Waals surface area contributed by atoms with Gasteiger partial charge in [-0.2, -0.15) is 0 Å². The molecule has 4 rings (SSSR count). The number of hydrogen-bond donors (Lipinski definition) is 1. The predicted octanol–water partition coefficient (Wildman–Crippen LogP) is 3.02. The van der Waals surface area contributed by atoms with Gasteiger partial charge in [-0.05, 0) is 12.1 Å². The SMILES string of the molecule is COc1cc(OC)cc(N2CCN(C(=O)Nc3nc4cc(OC)ccc4nc3OC)CC2)c1. The molecule has 1 N–H and O–H groups in total. The Kier molecular flexibility index (Phi) is 6.53. The highest BCUT2D eigenvalue weighted by Gasteiger charge is 2.24. The largest absolute Gasteiger partial charge is 0.497 e. The van der Waals surface area contributed by atoms with Gasteiger partial charge in [0.05, 0.1) is 39.5 Å². The predicted molar refractivity (Wildman–Crippen MR) is 125 cm³/mol. The number of benzene rings is 2. The van der Waals surface area contributed by atoms with Crippen LogP contribution in [0.4, 0.5) is 16.3 Å². The van der Waals surface area contributed by atoms with Gasteiger partial charge in [0.15, 0.2) is 5.82 Å². The maximum absolute atomic E-state index is 12.9. The first-order valence-electron chi connectivity index (χ1n) is 10.5. The lowest BCUT2D eigenvalue weighted by molar-refractivity contribution is 0.208. The molecule has 33 heavy (non-hydrogen) atoms. The summed E-state index contributed by atoms with van der Waals surface area (Å²) in [5.41, 5.74) is 2.23. The topological polar surface area (TPSA) is 98.3 Å². The summed E-state index contributed by atoms with van der Waals surface area (Å²) in [7, 11) is 6.33. The number of methoxy groups -OCH3 is 4. The first-order chi connectivity index (χ1) is 16.0. The normalized spacial score (nSPS) is 13.6. The molecule has 2 aromatic carbocycles. The van der Waals surface area contributed by atoms with E-state index >= 15 is 0 Å². The summed E-state index contributed by atoms with van der Waals surface area (Å²) in [5, 5.41) is 2.84. The fourth-order valence-corrected chi connectivity index (χ4v) is 3.69. The van der Waals surface area contributed by atoms with Crippen molar-refractivity contribution in [2.75, 3.05) is 64.8 Å². The number of piperazine rings is 1. The molecule has 2 heterocycles. The number of rotatable bonds is 6. The van der Waals surface area contributed by atoms with E-state index in [0.29, 0.717) is 43.0 Å². The Labute approximate surface area is 192 Å². The zero-order valence-electron chi connectivity index (χ0n) is 19.1. The number of nitrogens with one attached hydrogen (secondary N) is 1. The van der Waals surface area contributed by atoms with Gasteiger partial charge in [0.25, 0.3) is 5.88 Å². The van der Waals surface area contributed by atoms with E-state index in [9.17, 15) is 4.79 Å². The van der Waals surface area contributed by atoms with Gasteiger partial charge >= 0.3 is 6.03 Å². The Morgan fingerprint density at radius 2 is 1.45 bits per heavy atom. The quantitative estimate of drug-likeness (QED) is 0.608. The molecule has 1 saturated heterocycles. The average Bonchev–Trinajstić information content (AvgIpc) is 2.87. The second-order valence-electron chi connectivity index (χ2n) is 7.41. The monoisotopic (exact) mass is 453 g/mol. The van der Waals surface area contributed by atoms with E-state index in [2.05, 4.69) is 20.2 Å². The second-order valence-corrected chi connectivity index (χ2v) is 7.41. The molecule has 0 bridgehead atoms. The average molecular weight is 453 g/mol. The fraction of sp³-hybridized carbons (Fsp3) is 0.348. The molecule has 0 unspecified atom stereocenters. The molecule has 10 nitrogen and oxygen atoms in total. The molecule has 174 valence electrons. The number of carbonyl (C=O) groups excluding carboxylic acids is 1. The van der Waals surface area contributed by atoms with Crippen LogP contribution in [0.5, 0.6) is 23.1 Å². The first-order valence-corrected chi connectivity index (χ1v) is 10.5. The van der Waals surface area contributed by atoms with Gasteiger partial charge in [-0.15, -0.1) is 0 Å². The molecule has 0 radical (unpaired) electrons. The minimum absolute atomic E-state index is 0.253. The lowest BCUT2D eigenvalue weighted by Crippen LogP contribution is -2.50. The zero-order chi connectivity index (χ0) is 23.4. The van der Waals surface area contributed by atoms with Crippen molar-refractivity contribution < 1.29 is 23.7 Å². The van der Waals surface area contributed by atoms with Crippen molar-refractivity contribution in [3.05, 3.63) is 36.4 Å². The van der Waals surface area contributed by atoms with E-state index in [-0.39, 0.29) is 17.7 Å². The van der Waals surface area contributed by atoms with E-state index in [1.807, 2.05) is 18.2 Å². The van der Waals surface area contributed by atoms with E-state index < -0.39 is 0 Å². The number of ether oxygens (including phenoxy) is 4. The Hall–Kier alpha value is -3.95. The molecule has 0 spiro atoms. The van der Waals surface area contributed by atoms with E-state index in [4.69, 9.17) is 18.9 Å². The fourth-order valence-electron chi connectivity index (χ4n) is 3.69. The van der Waals surface area contributed by atoms with Gasteiger partial charge < -0.3 is 28.7 Å². The van der Waals surface area contributed by atoms with Crippen molar-refractivity contribution in [3.8, 4) is 23.1 Å². The summed E-state index contributed by atoms with van der Waals surface area (Å²) >= 11 is 0. The highest BCUT2D eigenvalue weighted by molar-refractivity contribution is 5.91. The molecule has 2 amide bonds. The minimum atomic E-state index is -0.257. The van der Waals surface area contributed by atoms with Crippen LogP contribution >= 0.6 is 0 Å². The molecule has 3 aromatic rings. The summed E-state index contributed by atoms with van der Waals surface area (Å²) < 4.78 is 21.3. The van der Waals surface area contributed by atoms with Gasteiger partial charge in [-0.1, -0.05) is 0 Å². The summed E-state index contributed by atoms with van der Waals surface area (Å²) in [6.07, 6.45) is 0. The molecule has 0 aliphatic carbocycles. The number of urea groups is 1. The maximum atomic E-state index is 12.9. The summed E-state index contributed by atoms with van der Waals surface area (Å²) in [4.78, 5) is 25.9. The molecular formula is C23H27N5O5. The van der Waals surface area contributed by atoms with Gasteiger partial charge in [0, 0.05) is 56.1 Å². The van der Waals surface area contributed by atoms with Crippen molar-refractivity contribution in [2.24, 2.45) is 0 Å². The maximum Gasteiger partial charge on any atom is 0.323 e. The van der Waals surface area contributed by atoms with Crippen LogP contribution in [0, 0.1) is 0 Å². The lowest BCUT2D eigenvalue weighted by atomic mass is 10.2. The number of fused-ring (bicyclic) bond motifs is 1. The molecule has 1 aliphatic rings. The minimum Gasteiger partial charge on any atom is -0.497 e. The van der Waals surface area contributed by atoms with Crippen molar-refractivity contribution >= 4 is 28.6 Å². The smallest absolute Gasteiger partial charge is 0.323 e. The van der Waals surface area contributed by atoms with Crippen LogP contribution in [0.15, 0.2) is 36.4 Å². The highest BCUT2D eigenvalue weighted by Crippen LogP contribution is 2.29. The summed E-state index contributed by atoms with van der Waals surface area (Å²) in [6, 6.07) is 10.9. The summed E-state index contributed by atoms with van der Waals surface area (Å²) in [6.45, 7) is 2.42. The van der Waals surface area contributed by atoms with E-state index in [1.54, 1.807) is 44.4 Å².